The summed E-state index contributed by atoms with van der Waals surface area (Å²) in [5.41, 5.74) is 1.03. The van der Waals surface area contributed by atoms with Gasteiger partial charge in [0.1, 0.15) is 6.04 Å². The van der Waals surface area contributed by atoms with E-state index >= 15 is 0 Å². The maximum atomic E-state index is 12.4. The highest BCUT2D eigenvalue weighted by Gasteiger charge is 2.40. The lowest BCUT2D eigenvalue weighted by Crippen LogP contribution is -2.45. The second-order valence-corrected chi connectivity index (χ2v) is 6.13. The van der Waals surface area contributed by atoms with Crippen LogP contribution in [0.3, 0.4) is 0 Å². The fourth-order valence-electron chi connectivity index (χ4n) is 2.50. The largest absolute Gasteiger partial charge is 0.324 e. The maximum Gasteiger partial charge on any atom is 0.262 e. The summed E-state index contributed by atoms with van der Waals surface area (Å²) in [5.74, 6) is -1.46. The van der Waals surface area contributed by atoms with Crippen molar-refractivity contribution in [1.29, 1.82) is 0 Å². The van der Waals surface area contributed by atoms with Gasteiger partial charge in [-0.05, 0) is 37.3 Å². The van der Waals surface area contributed by atoms with E-state index in [0.29, 0.717) is 26.9 Å². The number of carbonyl (C=O) groups excluding carboxylic acids is 3. The zero-order chi connectivity index (χ0) is 17.4. The monoisotopic (exact) mass is 362 g/mol. The molecule has 1 atom stereocenters. The predicted molar refractivity (Wildman–Crippen MR) is 91.5 cm³/mol. The van der Waals surface area contributed by atoms with Crippen molar-refractivity contribution in [2.24, 2.45) is 0 Å². The summed E-state index contributed by atoms with van der Waals surface area (Å²) in [6.45, 7) is 1.49. The minimum Gasteiger partial charge on any atom is -0.324 e. The third-order valence-corrected chi connectivity index (χ3v) is 4.52. The third-order valence-electron chi connectivity index (χ3n) is 3.78. The Morgan fingerprint density at radius 1 is 1.00 bits per heavy atom. The van der Waals surface area contributed by atoms with Gasteiger partial charge in [-0.2, -0.15) is 0 Å². The minimum atomic E-state index is -0.966. The van der Waals surface area contributed by atoms with Crippen molar-refractivity contribution < 1.29 is 14.4 Å². The molecule has 7 heteroatoms. The molecule has 1 N–H and O–H groups in total. The fraction of sp³-hybridized carbons (Fsp3) is 0.118. The van der Waals surface area contributed by atoms with Crippen LogP contribution in [-0.4, -0.2) is 28.7 Å². The molecule has 0 unspecified atom stereocenters. The van der Waals surface area contributed by atoms with Crippen LogP contribution >= 0.6 is 23.2 Å². The van der Waals surface area contributed by atoms with Gasteiger partial charge >= 0.3 is 0 Å². The van der Waals surface area contributed by atoms with Crippen LogP contribution < -0.4 is 5.32 Å². The topological polar surface area (TPSA) is 66.5 Å². The number of fused-ring (bicyclic) bond motifs is 1. The molecule has 2 aromatic rings. The van der Waals surface area contributed by atoms with Gasteiger partial charge in [-0.15, -0.1) is 0 Å². The lowest BCUT2D eigenvalue weighted by molar-refractivity contribution is -0.119. The van der Waals surface area contributed by atoms with Crippen molar-refractivity contribution in [2.75, 3.05) is 5.32 Å². The van der Waals surface area contributed by atoms with E-state index in [0.717, 1.165) is 4.90 Å². The Labute approximate surface area is 148 Å². The molecule has 0 bridgehead atoms. The van der Waals surface area contributed by atoms with E-state index in [-0.39, 0.29) is 0 Å². The second-order valence-electron chi connectivity index (χ2n) is 5.32. The number of hydrogen-bond donors (Lipinski definition) is 1. The molecule has 0 fully saturated rings. The highest BCUT2D eigenvalue weighted by Crippen LogP contribution is 2.27. The van der Waals surface area contributed by atoms with E-state index in [2.05, 4.69) is 5.32 Å². The summed E-state index contributed by atoms with van der Waals surface area (Å²) in [6.07, 6.45) is 0. The molecule has 0 aliphatic carbocycles. The Morgan fingerprint density at radius 3 is 2.12 bits per heavy atom. The van der Waals surface area contributed by atoms with E-state index in [1.807, 2.05) is 0 Å². The first-order chi connectivity index (χ1) is 11.4. The number of rotatable bonds is 3. The summed E-state index contributed by atoms with van der Waals surface area (Å²) in [5, 5.41) is 3.28. The van der Waals surface area contributed by atoms with Gasteiger partial charge in [0.25, 0.3) is 11.8 Å². The average molecular weight is 363 g/mol. The van der Waals surface area contributed by atoms with Crippen molar-refractivity contribution in [3.05, 3.63) is 63.6 Å². The number of nitrogens with zero attached hydrogens (tertiary/aromatic N) is 1. The van der Waals surface area contributed by atoms with Gasteiger partial charge in [-0.1, -0.05) is 35.3 Å². The number of amides is 3. The summed E-state index contributed by atoms with van der Waals surface area (Å²) in [6, 6.07) is 10.1. The van der Waals surface area contributed by atoms with Crippen LogP contribution in [0.15, 0.2) is 42.5 Å². The van der Waals surface area contributed by atoms with Crippen molar-refractivity contribution in [2.45, 2.75) is 13.0 Å². The van der Waals surface area contributed by atoms with Crippen molar-refractivity contribution in [1.82, 2.24) is 4.90 Å². The summed E-state index contributed by atoms with van der Waals surface area (Å²) < 4.78 is 0. The summed E-state index contributed by atoms with van der Waals surface area (Å²) in [7, 11) is 0. The Morgan fingerprint density at radius 2 is 1.58 bits per heavy atom. The average Bonchev–Trinajstić information content (AvgIpc) is 2.82. The highest BCUT2D eigenvalue weighted by molar-refractivity contribution is 6.42. The molecule has 24 heavy (non-hydrogen) atoms. The maximum absolute atomic E-state index is 12.4. The Kier molecular flexibility index (Phi) is 4.30. The Bertz CT molecular complexity index is 832. The van der Waals surface area contributed by atoms with Crippen LogP contribution in [0.1, 0.15) is 27.6 Å². The van der Waals surface area contributed by atoms with Gasteiger partial charge in [0.05, 0.1) is 21.2 Å². The molecule has 0 aromatic heterocycles. The number of halogens is 2. The van der Waals surface area contributed by atoms with Gasteiger partial charge in [0.15, 0.2) is 0 Å². The lowest BCUT2D eigenvalue weighted by Gasteiger charge is -2.21. The second kappa shape index (κ2) is 6.26. The lowest BCUT2D eigenvalue weighted by atomic mass is 10.1. The summed E-state index contributed by atoms with van der Waals surface area (Å²) >= 11 is 11.7. The van der Waals surface area contributed by atoms with Crippen LogP contribution in [0, 0.1) is 0 Å². The quantitative estimate of drug-likeness (QED) is 0.848. The van der Waals surface area contributed by atoms with E-state index in [1.165, 1.54) is 13.0 Å². The smallest absolute Gasteiger partial charge is 0.262 e. The number of hydrogen-bond acceptors (Lipinski definition) is 3. The van der Waals surface area contributed by atoms with E-state index in [4.69, 9.17) is 23.2 Å². The molecule has 5 nitrogen and oxygen atoms in total. The molecule has 2 aromatic carbocycles. The van der Waals surface area contributed by atoms with Crippen molar-refractivity contribution in [3.8, 4) is 0 Å². The van der Waals surface area contributed by atoms with Crippen LogP contribution in [0.5, 0.6) is 0 Å². The number of imide groups is 1. The van der Waals surface area contributed by atoms with E-state index in [9.17, 15) is 14.4 Å². The first kappa shape index (κ1) is 16.5. The van der Waals surface area contributed by atoms with Gasteiger partial charge in [0, 0.05) is 5.69 Å². The molecular formula is C17H12Cl2N2O3. The Hall–Kier alpha value is -2.37. The molecule has 0 spiro atoms. The van der Waals surface area contributed by atoms with Gasteiger partial charge in [-0.3, -0.25) is 19.3 Å². The number of carbonyl (C=O) groups is 3. The molecule has 1 aliphatic heterocycles. The van der Waals surface area contributed by atoms with E-state index < -0.39 is 23.8 Å². The van der Waals surface area contributed by atoms with Gasteiger partial charge < -0.3 is 5.32 Å². The minimum absolute atomic E-state index is 0.294. The van der Waals surface area contributed by atoms with Gasteiger partial charge in [0.2, 0.25) is 5.91 Å². The Balaban J connectivity index is 1.80. The molecule has 3 amide bonds. The zero-order valence-corrected chi connectivity index (χ0v) is 14.1. The number of nitrogens with one attached hydrogen (secondary N) is 1. The van der Waals surface area contributed by atoms with Crippen molar-refractivity contribution >= 4 is 46.6 Å². The SMILES string of the molecule is C[C@@H](C(=O)Nc1ccc(Cl)c(Cl)c1)N1C(=O)c2ccccc2C1=O. The fourth-order valence-corrected chi connectivity index (χ4v) is 2.80. The standard InChI is InChI=1S/C17H12Cl2N2O3/c1-9(15(22)20-10-6-7-13(18)14(19)8-10)21-16(23)11-4-2-3-5-12(11)17(21)24/h2-9H,1H3,(H,20,22)/t9-/m0/s1. The molecular weight excluding hydrogens is 351 g/mol. The molecule has 1 heterocycles. The number of benzene rings is 2. The van der Waals surface area contributed by atoms with Crippen LogP contribution in [0.4, 0.5) is 5.69 Å². The molecule has 0 saturated heterocycles. The van der Waals surface area contributed by atoms with Crippen LogP contribution in [0.2, 0.25) is 10.0 Å². The van der Waals surface area contributed by atoms with Crippen molar-refractivity contribution in [3.63, 3.8) is 0 Å². The highest BCUT2D eigenvalue weighted by atomic mass is 35.5. The molecule has 122 valence electrons. The molecule has 0 saturated carbocycles. The summed E-state index contributed by atoms with van der Waals surface area (Å²) in [4.78, 5) is 38.1. The first-order valence-corrected chi connectivity index (χ1v) is 7.88. The van der Waals surface area contributed by atoms with E-state index in [1.54, 1.807) is 36.4 Å². The third kappa shape index (κ3) is 2.77. The molecule has 0 radical (unpaired) electrons. The van der Waals surface area contributed by atoms with Gasteiger partial charge in [-0.25, -0.2) is 0 Å². The number of anilines is 1. The first-order valence-electron chi connectivity index (χ1n) is 7.13. The van der Waals surface area contributed by atoms with Crippen LogP contribution in [0.25, 0.3) is 0 Å². The zero-order valence-electron chi connectivity index (χ0n) is 12.5. The molecule has 1 aliphatic rings. The van der Waals surface area contributed by atoms with Crippen LogP contribution in [-0.2, 0) is 4.79 Å². The molecule has 3 rings (SSSR count). The normalized spacial score (nSPS) is 14.5. The predicted octanol–water partition coefficient (Wildman–Crippen LogP) is 3.62.